The minimum atomic E-state index is 0.329. The molecule has 20 heavy (non-hydrogen) atoms. The Bertz CT molecular complexity index is 389. The van der Waals surface area contributed by atoms with Crippen LogP contribution in [-0.4, -0.2) is 15.8 Å². The second kappa shape index (κ2) is 9.53. The number of unbranched alkanes of at least 4 members (excludes halogenated alkanes) is 3. The Morgan fingerprint density at radius 3 is 2.55 bits per heavy atom. The maximum Gasteiger partial charge on any atom is 0.0766 e. The lowest BCUT2D eigenvalue weighted by molar-refractivity contribution is 0.448. The fourth-order valence-electron chi connectivity index (χ4n) is 2.51. The number of aromatic nitrogens is 2. The number of nitrogens with two attached hydrogens (primary N) is 1. The van der Waals surface area contributed by atoms with Crippen molar-refractivity contribution in [2.75, 3.05) is 0 Å². The van der Waals surface area contributed by atoms with Gasteiger partial charge in [-0.25, -0.2) is 0 Å². The number of hydrazine groups is 1. The van der Waals surface area contributed by atoms with Gasteiger partial charge < -0.3 is 0 Å². The average molecular weight is 345 g/mol. The van der Waals surface area contributed by atoms with Crippen molar-refractivity contribution >= 4 is 15.9 Å². The van der Waals surface area contributed by atoms with Gasteiger partial charge in [-0.05, 0) is 35.7 Å². The van der Waals surface area contributed by atoms with Crippen LogP contribution in [-0.2, 0) is 19.4 Å². The van der Waals surface area contributed by atoms with Crippen molar-refractivity contribution < 1.29 is 0 Å². The fourth-order valence-corrected chi connectivity index (χ4v) is 3.23. The third-order valence-corrected chi connectivity index (χ3v) is 4.69. The molecule has 1 rings (SSSR count). The summed E-state index contributed by atoms with van der Waals surface area (Å²) in [7, 11) is 0. The predicted molar refractivity (Wildman–Crippen MR) is 88.6 cm³/mol. The average Bonchev–Trinajstić information content (AvgIpc) is 2.78. The lowest BCUT2D eigenvalue weighted by atomic mass is 10.0. The van der Waals surface area contributed by atoms with Gasteiger partial charge in [0.25, 0.3) is 0 Å². The van der Waals surface area contributed by atoms with Crippen molar-refractivity contribution in [1.29, 1.82) is 0 Å². The van der Waals surface area contributed by atoms with E-state index in [1.165, 1.54) is 31.4 Å². The van der Waals surface area contributed by atoms with E-state index >= 15 is 0 Å². The van der Waals surface area contributed by atoms with Crippen molar-refractivity contribution in [2.45, 2.75) is 78.3 Å². The molecule has 0 saturated carbocycles. The zero-order chi connectivity index (χ0) is 15.0. The smallest absolute Gasteiger partial charge is 0.0766 e. The van der Waals surface area contributed by atoms with E-state index in [-0.39, 0.29) is 0 Å². The quantitative estimate of drug-likeness (QED) is 0.387. The number of nitrogens with zero attached hydrogens (tertiary/aromatic N) is 2. The summed E-state index contributed by atoms with van der Waals surface area (Å²) in [5.74, 6) is 5.72. The van der Waals surface area contributed by atoms with Gasteiger partial charge in [-0.2, -0.15) is 5.10 Å². The van der Waals surface area contributed by atoms with Crippen molar-refractivity contribution in [1.82, 2.24) is 15.2 Å². The Balaban J connectivity index is 2.66. The number of halogens is 1. The maximum absolute atomic E-state index is 5.72. The molecule has 0 fully saturated rings. The third-order valence-electron chi connectivity index (χ3n) is 3.78. The minimum Gasteiger partial charge on any atom is -0.271 e. The third kappa shape index (κ3) is 4.86. The van der Waals surface area contributed by atoms with E-state index < -0.39 is 0 Å². The van der Waals surface area contributed by atoms with E-state index in [2.05, 4.69) is 51.9 Å². The highest BCUT2D eigenvalue weighted by Gasteiger charge is 2.17. The number of nitrogens with one attached hydrogen (secondary N) is 1. The summed E-state index contributed by atoms with van der Waals surface area (Å²) in [6.45, 7) is 7.41. The van der Waals surface area contributed by atoms with Gasteiger partial charge >= 0.3 is 0 Å². The number of hydrogen-bond acceptors (Lipinski definition) is 3. The van der Waals surface area contributed by atoms with Crippen LogP contribution in [0.15, 0.2) is 4.47 Å². The summed E-state index contributed by atoms with van der Waals surface area (Å²) >= 11 is 3.70. The monoisotopic (exact) mass is 344 g/mol. The van der Waals surface area contributed by atoms with E-state index in [1.807, 2.05) is 0 Å². The Labute approximate surface area is 131 Å². The predicted octanol–water partition coefficient (Wildman–Crippen LogP) is 3.57. The lowest BCUT2D eigenvalue weighted by Gasteiger charge is -2.16. The maximum atomic E-state index is 5.72. The normalized spacial score (nSPS) is 12.8. The van der Waals surface area contributed by atoms with Crippen LogP contribution in [0.1, 0.15) is 64.3 Å². The number of rotatable bonds is 10. The first-order valence-electron chi connectivity index (χ1n) is 7.87. The van der Waals surface area contributed by atoms with Gasteiger partial charge in [0.2, 0.25) is 0 Å². The topological polar surface area (TPSA) is 55.9 Å². The van der Waals surface area contributed by atoms with Gasteiger partial charge in [0.05, 0.1) is 15.9 Å². The van der Waals surface area contributed by atoms with E-state index in [1.54, 1.807) is 0 Å². The summed E-state index contributed by atoms with van der Waals surface area (Å²) in [6, 6.07) is 0.329. The van der Waals surface area contributed by atoms with Crippen LogP contribution in [0.25, 0.3) is 0 Å². The molecule has 0 spiro atoms. The lowest BCUT2D eigenvalue weighted by Crippen LogP contribution is -2.37. The Morgan fingerprint density at radius 1 is 1.25 bits per heavy atom. The summed E-state index contributed by atoms with van der Waals surface area (Å²) < 4.78 is 3.26. The molecule has 5 heteroatoms. The largest absolute Gasteiger partial charge is 0.271 e. The molecule has 0 aromatic carbocycles. The van der Waals surface area contributed by atoms with Crippen LogP contribution in [0.3, 0.4) is 0 Å². The van der Waals surface area contributed by atoms with Crippen LogP contribution in [0.2, 0.25) is 0 Å². The second-order valence-electron chi connectivity index (χ2n) is 5.29. The molecule has 1 heterocycles. The van der Waals surface area contributed by atoms with Gasteiger partial charge in [-0.1, -0.05) is 39.5 Å². The minimum absolute atomic E-state index is 0.329. The zero-order valence-electron chi connectivity index (χ0n) is 13.1. The summed E-state index contributed by atoms with van der Waals surface area (Å²) in [5.41, 5.74) is 5.38. The summed E-state index contributed by atoms with van der Waals surface area (Å²) in [6.07, 6.45) is 8.13. The highest BCUT2D eigenvalue weighted by Crippen LogP contribution is 2.24. The summed E-state index contributed by atoms with van der Waals surface area (Å²) in [5, 5.41) is 4.64. The molecule has 0 radical (unpaired) electrons. The molecule has 4 nitrogen and oxygen atoms in total. The first-order valence-corrected chi connectivity index (χ1v) is 8.67. The zero-order valence-corrected chi connectivity index (χ0v) is 14.7. The fraction of sp³-hybridized carbons (Fsp3) is 0.800. The van der Waals surface area contributed by atoms with Crippen LogP contribution >= 0.6 is 15.9 Å². The molecule has 0 saturated heterocycles. The van der Waals surface area contributed by atoms with Crippen molar-refractivity contribution in [3.05, 3.63) is 15.9 Å². The van der Waals surface area contributed by atoms with Gasteiger partial charge in [0.1, 0.15) is 0 Å². The summed E-state index contributed by atoms with van der Waals surface area (Å²) in [4.78, 5) is 0. The first kappa shape index (κ1) is 17.7. The molecule has 1 aromatic heterocycles. The van der Waals surface area contributed by atoms with E-state index in [4.69, 9.17) is 5.84 Å². The Morgan fingerprint density at radius 2 is 2.00 bits per heavy atom. The van der Waals surface area contributed by atoms with Gasteiger partial charge in [-0.15, -0.1) is 0 Å². The highest BCUT2D eigenvalue weighted by atomic mass is 79.9. The van der Waals surface area contributed by atoms with Crippen LogP contribution in [0, 0.1) is 0 Å². The number of hydrogen-bond donors (Lipinski definition) is 2. The molecule has 0 aliphatic carbocycles. The van der Waals surface area contributed by atoms with E-state index in [9.17, 15) is 0 Å². The molecule has 0 amide bonds. The molecular formula is C15H29BrN4. The molecule has 0 aliphatic rings. The molecule has 1 unspecified atom stereocenters. The van der Waals surface area contributed by atoms with Crippen molar-refractivity contribution in [3.8, 4) is 0 Å². The van der Waals surface area contributed by atoms with Gasteiger partial charge in [0.15, 0.2) is 0 Å². The molecule has 3 N–H and O–H groups in total. The van der Waals surface area contributed by atoms with Gasteiger partial charge in [0, 0.05) is 19.0 Å². The van der Waals surface area contributed by atoms with Crippen LogP contribution < -0.4 is 11.3 Å². The molecule has 0 aliphatic heterocycles. The van der Waals surface area contributed by atoms with Crippen molar-refractivity contribution in [2.24, 2.45) is 5.84 Å². The Kier molecular flexibility index (Phi) is 8.41. The van der Waals surface area contributed by atoms with Crippen LogP contribution in [0.5, 0.6) is 0 Å². The Hall–Kier alpha value is -0.390. The molecule has 0 bridgehead atoms. The van der Waals surface area contributed by atoms with E-state index in [0.717, 1.165) is 36.0 Å². The second-order valence-corrected chi connectivity index (χ2v) is 6.09. The number of aryl methyl sites for hydroxylation is 2. The first-order chi connectivity index (χ1) is 9.67. The molecular weight excluding hydrogens is 316 g/mol. The highest BCUT2D eigenvalue weighted by molar-refractivity contribution is 9.10. The van der Waals surface area contributed by atoms with Crippen LogP contribution in [0.4, 0.5) is 0 Å². The SMILES string of the molecule is CCCCCCC(Cc1c(Br)c(CC)nn1CC)NN. The van der Waals surface area contributed by atoms with Gasteiger partial charge in [-0.3, -0.25) is 16.0 Å². The molecule has 116 valence electrons. The van der Waals surface area contributed by atoms with Crippen molar-refractivity contribution in [3.63, 3.8) is 0 Å². The molecule has 1 aromatic rings. The van der Waals surface area contributed by atoms with E-state index in [0.29, 0.717) is 6.04 Å². The standard InChI is InChI=1S/C15H29BrN4/c1-4-7-8-9-10-12(18-17)11-14-15(16)13(5-2)19-20(14)6-3/h12,18H,4-11,17H2,1-3H3. The molecule has 1 atom stereocenters.